The minimum atomic E-state index is -3.51. The second-order valence-corrected chi connectivity index (χ2v) is 8.16. The molecule has 3 heterocycles. The molecule has 0 unspecified atom stereocenters. The average Bonchev–Trinajstić information content (AvgIpc) is 3.13. The van der Waals surface area contributed by atoms with Crippen LogP contribution in [0.5, 0.6) is 0 Å². The third-order valence-corrected chi connectivity index (χ3v) is 7.06. The predicted molar refractivity (Wildman–Crippen MR) is 87.8 cm³/mol. The van der Waals surface area contributed by atoms with Crippen molar-refractivity contribution >= 4 is 15.9 Å². The molecular weight excluding hydrogens is 326 g/mol. The Balaban J connectivity index is 1.73. The highest BCUT2D eigenvalue weighted by Crippen LogP contribution is 2.48. The number of carbonyl (C=O) groups is 1. The third kappa shape index (κ3) is 1.94. The van der Waals surface area contributed by atoms with Gasteiger partial charge in [-0.2, -0.15) is 4.31 Å². The summed E-state index contributed by atoms with van der Waals surface area (Å²) >= 11 is 0. The molecule has 24 heavy (non-hydrogen) atoms. The molecule has 1 atom stereocenters. The molecule has 1 aromatic heterocycles. The maximum absolute atomic E-state index is 12.7. The minimum Gasteiger partial charge on any atom is -0.336 e. The molecule has 124 valence electrons. The van der Waals surface area contributed by atoms with E-state index in [1.807, 2.05) is 12.1 Å². The van der Waals surface area contributed by atoms with E-state index in [0.717, 1.165) is 5.56 Å². The Morgan fingerprint density at radius 3 is 2.75 bits per heavy atom. The zero-order valence-corrected chi connectivity index (χ0v) is 14.0. The second-order valence-electron chi connectivity index (χ2n) is 6.22. The monoisotopic (exact) mass is 343 g/mol. The Kier molecular flexibility index (Phi) is 3.26. The second kappa shape index (κ2) is 5.12. The lowest BCUT2D eigenvalue weighted by Gasteiger charge is -2.31. The van der Waals surface area contributed by atoms with Gasteiger partial charge in [0.1, 0.15) is 0 Å². The van der Waals surface area contributed by atoms with Gasteiger partial charge < -0.3 is 4.90 Å². The van der Waals surface area contributed by atoms with Crippen LogP contribution in [0.2, 0.25) is 0 Å². The fourth-order valence-electron chi connectivity index (χ4n) is 3.74. The van der Waals surface area contributed by atoms with Gasteiger partial charge >= 0.3 is 0 Å². The van der Waals surface area contributed by atoms with E-state index in [1.54, 1.807) is 42.4 Å². The van der Waals surface area contributed by atoms with Gasteiger partial charge in [-0.3, -0.25) is 9.78 Å². The van der Waals surface area contributed by atoms with Gasteiger partial charge in [0.05, 0.1) is 16.0 Å². The first-order chi connectivity index (χ1) is 11.5. The molecule has 2 aliphatic rings. The molecule has 2 aliphatic heterocycles. The number of aromatic nitrogens is 1. The van der Waals surface area contributed by atoms with E-state index >= 15 is 0 Å². The van der Waals surface area contributed by atoms with E-state index < -0.39 is 15.6 Å². The lowest BCUT2D eigenvalue weighted by atomic mass is 9.89. The number of carbonyl (C=O) groups excluding carboxylic acids is 1. The smallest absolute Gasteiger partial charge is 0.255 e. The molecule has 7 heteroatoms. The molecule has 0 bridgehead atoms. The summed E-state index contributed by atoms with van der Waals surface area (Å²) in [5, 5.41) is 0. The summed E-state index contributed by atoms with van der Waals surface area (Å²) in [4.78, 5) is 18.7. The van der Waals surface area contributed by atoms with Crippen molar-refractivity contribution in [3.8, 4) is 0 Å². The van der Waals surface area contributed by atoms with Crippen molar-refractivity contribution in [2.24, 2.45) is 0 Å². The van der Waals surface area contributed by atoms with E-state index in [0.29, 0.717) is 30.0 Å². The predicted octanol–water partition coefficient (Wildman–Crippen LogP) is 1.46. The highest BCUT2D eigenvalue weighted by Gasteiger charge is 2.55. The van der Waals surface area contributed by atoms with Crippen LogP contribution in [0.1, 0.15) is 22.3 Å². The molecule has 4 rings (SSSR count). The summed E-state index contributed by atoms with van der Waals surface area (Å²) in [7, 11) is -1.90. The molecule has 1 fully saturated rings. The maximum Gasteiger partial charge on any atom is 0.255 e. The Hall–Kier alpha value is -2.25. The van der Waals surface area contributed by atoms with E-state index in [1.165, 1.54) is 10.5 Å². The summed E-state index contributed by atoms with van der Waals surface area (Å²) in [6.45, 7) is 0.870. The molecule has 0 N–H and O–H groups in total. The number of likely N-dealkylation sites (tertiary alicyclic amines) is 1. The number of rotatable bonds is 1. The Morgan fingerprint density at radius 1 is 1.21 bits per heavy atom. The Bertz CT molecular complexity index is 914. The maximum atomic E-state index is 12.7. The molecule has 1 saturated heterocycles. The van der Waals surface area contributed by atoms with Crippen LogP contribution in [0.25, 0.3) is 0 Å². The lowest BCUT2D eigenvalue weighted by molar-refractivity contribution is 0.0769. The highest BCUT2D eigenvalue weighted by molar-refractivity contribution is 7.89. The largest absolute Gasteiger partial charge is 0.336 e. The summed E-state index contributed by atoms with van der Waals surface area (Å²) < 4.78 is 26.8. The number of hydrogen-bond acceptors (Lipinski definition) is 4. The molecule has 1 amide bonds. The topological polar surface area (TPSA) is 70.6 Å². The molecular formula is C17H17N3O3S. The van der Waals surface area contributed by atoms with Gasteiger partial charge in [-0.25, -0.2) is 8.42 Å². The van der Waals surface area contributed by atoms with Gasteiger partial charge in [0.2, 0.25) is 10.0 Å². The number of benzene rings is 1. The van der Waals surface area contributed by atoms with Crippen LogP contribution in [0, 0.1) is 0 Å². The van der Waals surface area contributed by atoms with Crippen LogP contribution >= 0.6 is 0 Å². The number of hydrogen-bond donors (Lipinski definition) is 0. The number of likely N-dealkylation sites (N-methyl/N-ethyl adjacent to an activating group) is 1. The Labute approximate surface area is 140 Å². The van der Waals surface area contributed by atoms with E-state index in [4.69, 9.17) is 0 Å². The minimum absolute atomic E-state index is 0.116. The van der Waals surface area contributed by atoms with Gasteiger partial charge in [-0.1, -0.05) is 18.2 Å². The fourth-order valence-corrected chi connectivity index (χ4v) is 5.53. The number of nitrogens with zero attached hydrogens (tertiary/aromatic N) is 3. The van der Waals surface area contributed by atoms with E-state index in [2.05, 4.69) is 4.98 Å². The highest BCUT2D eigenvalue weighted by atomic mass is 32.2. The normalized spacial score (nSPS) is 25.1. The van der Waals surface area contributed by atoms with Crippen molar-refractivity contribution in [3.05, 3.63) is 59.9 Å². The molecule has 6 nitrogen and oxygen atoms in total. The van der Waals surface area contributed by atoms with E-state index in [9.17, 15) is 13.2 Å². The SMILES string of the molecule is CN1[C@@]2(CCN(C(=O)c3cccnc3)C2)c2ccccc2S1(=O)=O. The quantitative estimate of drug-likeness (QED) is 0.786. The zero-order valence-electron chi connectivity index (χ0n) is 13.2. The number of amides is 1. The van der Waals surface area contributed by atoms with Crippen LogP contribution < -0.4 is 0 Å². The average molecular weight is 343 g/mol. The molecule has 0 radical (unpaired) electrons. The van der Waals surface area contributed by atoms with Crippen molar-refractivity contribution in [2.45, 2.75) is 16.9 Å². The van der Waals surface area contributed by atoms with Crippen LogP contribution in [0.4, 0.5) is 0 Å². The lowest BCUT2D eigenvalue weighted by Crippen LogP contribution is -2.44. The molecule has 0 aliphatic carbocycles. The summed E-state index contributed by atoms with van der Waals surface area (Å²) in [6.07, 6.45) is 3.75. The van der Waals surface area contributed by atoms with Crippen molar-refractivity contribution in [1.82, 2.24) is 14.2 Å². The fraction of sp³-hybridized carbons (Fsp3) is 0.294. The van der Waals surface area contributed by atoms with Crippen molar-refractivity contribution in [1.29, 1.82) is 0 Å². The summed E-state index contributed by atoms with van der Waals surface area (Å²) in [5.41, 5.74) is 0.633. The first kappa shape index (κ1) is 15.3. The molecule has 0 saturated carbocycles. The van der Waals surface area contributed by atoms with Crippen LogP contribution in [0.3, 0.4) is 0 Å². The standard InChI is InChI=1S/C17H17N3O3S/c1-19-17(14-6-2-3-7-15(14)24(19,22)23)8-10-20(12-17)16(21)13-5-4-9-18-11-13/h2-7,9,11H,8,10,12H2,1H3/t17-/m1/s1. The van der Waals surface area contributed by atoms with Crippen molar-refractivity contribution < 1.29 is 13.2 Å². The van der Waals surface area contributed by atoms with Crippen molar-refractivity contribution in [3.63, 3.8) is 0 Å². The third-order valence-electron chi connectivity index (χ3n) is 5.07. The number of fused-ring (bicyclic) bond motifs is 2. The van der Waals surface area contributed by atoms with E-state index in [-0.39, 0.29) is 5.91 Å². The molecule has 2 aromatic rings. The number of sulfonamides is 1. The van der Waals surface area contributed by atoms with Gasteiger partial charge in [-0.05, 0) is 30.2 Å². The molecule has 1 aromatic carbocycles. The summed E-state index contributed by atoms with van der Waals surface area (Å²) in [5.74, 6) is -0.116. The van der Waals surface area contributed by atoms with Gasteiger partial charge in [0.15, 0.2) is 0 Å². The zero-order chi connectivity index (χ0) is 16.9. The first-order valence-electron chi connectivity index (χ1n) is 7.75. The summed E-state index contributed by atoms with van der Waals surface area (Å²) in [6, 6.07) is 10.5. The first-order valence-corrected chi connectivity index (χ1v) is 9.19. The van der Waals surface area contributed by atoms with Gasteiger partial charge in [0.25, 0.3) is 5.91 Å². The van der Waals surface area contributed by atoms with Crippen LogP contribution in [0.15, 0.2) is 53.7 Å². The molecule has 1 spiro atoms. The van der Waals surface area contributed by atoms with Crippen molar-refractivity contribution in [2.75, 3.05) is 20.1 Å². The van der Waals surface area contributed by atoms with Crippen LogP contribution in [-0.2, 0) is 15.6 Å². The Morgan fingerprint density at radius 2 is 2.00 bits per heavy atom. The van der Waals surface area contributed by atoms with Gasteiger partial charge in [-0.15, -0.1) is 0 Å². The van der Waals surface area contributed by atoms with Gasteiger partial charge in [0, 0.05) is 32.5 Å². The number of pyridine rings is 1. The van der Waals surface area contributed by atoms with Crippen LogP contribution in [-0.4, -0.2) is 48.7 Å².